The number of pyridine rings is 1. The van der Waals surface area contributed by atoms with E-state index in [1.165, 1.54) is 13.0 Å². The molecule has 1 fully saturated rings. The Balaban J connectivity index is 1.43. The molecule has 0 spiro atoms. The number of rotatable bonds is 5. The molecule has 2 aliphatic rings. The number of hydrogen-bond donors (Lipinski definition) is 1. The first-order valence-corrected chi connectivity index (χ1v) is 11.5. The smallest absolute Gasteiger partial charge is 0.256 e. The number of benzene rings is 2. The van der Waals surface area contributed by atoms with Gasteiger partial charge in [-0.15, -0.1) is 0 Å². The lowest BCUT2D eigenvalue weighted by atomic mass is 9.92. The van der Waals surface area contributed by atoms with Gasteiger partial charge in [-0.25, -0.2) is 4.39 Å². The summed E-state index contributed by atoms with van der Waals surface area (Å²) in [6.45, 7) is 1.99. The lowest BCUT2D eigenvalue weighted by Gasteiger charge is -2.20. The number of carbonyl (C=O) groups is 1. The van der Waals surface area contributed by atoms with E-state index in [9.17, 15) is 9.90 Å². The van der Waals surface area contributed by atoms with Gasteiger partial charge in [0, 0.05) is 42.5 Å². The maximum Gasteiger partial charge on any atom is 0.256 e. The highest BCUT2D eigenvalue weighted by atomic mass is 19.1. The second-order valence-electron chi connectivity index (χ2n) is 9.27. The van der Waals surface area contributed by atoms with E-state index in [1.54, 1.807) is 41.0 Å². The number of fused-ring (bicyclic) bond motifs is 2. The lowest BCUT2D eigenvalue weighted by Crippen LogP contribution is -2.24. The normalized spacial score (nSPS) is 17.7. The molecule has 1 saturated carbocycles. The van der Waals surface area contributed by atoms with Crippen LogP contribution in [0.3, 0.4) is 0 Å². The summed E-state index contributed by atoms with van der Waals surface area (Å²) in [6, 6.07) is 10.6. The molecule has 1 unspecified atom stereocenters. The first-order chi connectivity index (χ1) is 16.7. The van der Waals surface area contributed by atoms with Gasteiger partial charge in [-0.3, -0.25) is 14.5 Å². The van der Waals surface area contributed by atoms with Crippen LogP contribution in [0.5, 0.6) is 0 Å². The lowest BCUT2D eigenvalue weighted by molar-refractivity contribution is 0.0764. The van der Waals surface area contributed by atoms with E-state index in [1.807, 2.05) is 18.3 Å². The van der Waals surface area contributed by atoms with Crippen molar-refractivity contribution in [3.05, 3.63) is 82.6 Å². The molecule has 2 aromatic heterocycles. The molecule has 0 saturated heterocycles. The summed E-state index contributed by atoms with van der Waals surface area (Å²) in [7, 11) is 1.78. The quantitative estimate of drug-likeness (QED) is 0.465. The predicted octanol–water partition coefficient (Wildman–Crippen LogP) is 4.86. The van der Waals surface area contributed by atoms with Crippen LogP contribution in [0.15, 0.2) is 48.8 Å². The first kappa shape index (κ1) is 19.9. The molecular weight excluding hydrogens is 431 g/mol. The largest absolute Gasteiger partial charge is 0.389 e. The summed E-state index contributed by atoms with van der Waals surface area (Å²) in [5.74, 6) is -0.182. The zero-order valence-corrected chi connectivity index (χ0v) is 19.0. The Morgan fingerprint density at radius 2 is 2.09 bits per heavy atom. The van der Waals surface area contributed by atoms with Gasteiger partial charge in [0.1, 0.15) is 5.82 Å². The monoisotopic (exact) mass is 457 g/mol. The molecule has 6 rings (SSSR count). The fourth-order valence-corrected chi connectivity index (χ4v) is 5.00. The van der Waals surface area contributed by atoms with Gasteiger partial charge in [0.2, 0.25) is 0 Å². The van der Waals surface area contributed by atoms with E-state index in [-0.39, 0.29) is 24.2 Å². The van der Waals surface area contributed by atoms with Crippen molar-refractivity contribution in [2.24, 2.45) is 7.05 Å². The maximum absolute atomic E-state index is 15.7. The predicted molar refractivity (Wildman–Crippen MR) is 127 cm³/mol. The van der Waals surface area contributed by atoms with Gasteiger partial charge in [0.05, 0.1) is 30.8 Å². The highest BCUT2D eigenvalue weighted by Crippen LogP contribution is 2.45. The van der Waals surface area contributed by atoms with Gasteiger partial charge in [-0.1, -0.05) is 18.2 Å². The number of aromatic nitrogens is 3. The van der Waals surface area contributed by atoms with Crippen molar-refractivity contribution >= 4 is 16.8 Å². The molecule has 2 aromatic carbocycles. The standard InChI is InChI=1S/C27H25FN4O2/c1-15(33)18-7-8-19(23-12-31(2)30-26(18)23)17-10-21(16-5-6-16)22(24(28)11-17)13-32-14-25-20(27(32)34)4-3-9-29-25/h3-4,7-12,15-16,33H,5-6,13-14H2,1-2H3/i15D. The summed E-state index contributed by atoms with van der Waals surface area (Å²) in [4.78, 5) is 18.8. The number of amides is 1. The Bertz CT molecular complexity index is 1500. The zero-order valence-electron chi connectivity index (χ0n) is 20.0. The molecule has 172 valence electrons. The van der Waals surface area contributed by atoms with Crippen LogP contribution in [0.25, 0.3) is 22.0 Å². The first-order valence-electron chi connectivity index (χ1n) is 12.0. The summed E-state index contributed by atoms with van der Waals surface area (Å²) in [5, 5.41) is 15.5. The van der Waals surface area contributed by atoms with Crippen molar-refractivity contribution in [3.63, 3.8) is 0 Å². The Morgan fingerprint density at radius 1 is 1.26 bits per heavy atom. The fourth-order valence-electron chi connectivity index (χ4n) is 5.00. The molecule has 1 amide bonds. The third-order valence-electron chi connectivity index (χ3n) is 6.84. The van der Waals surface area contributed by atoms with E-state index < -0.39 is 6.08 Å². The second kappa shape index (κ2) is 7.74. The highest BCUT2D eigenvalue weighted by molar-refractivity contribution is 5.98. The van der Waals surface area contributed by atoms with Crippen LogP contribution in [-0.2, 0) is 20.1 Å². The van der Waals surface area contributed by atoms with E-state index in [2.05, 4.69) is 10.1 Å². The molecule has 1 N–H and O–H groups in total. The van der Waals surface area contributed by atoms with Crippen LogP contribution in [0.1, 0.15) is 65.9 Å². The van der Waals surface area contributed by atoms with Gasteiger partial charge < -0.3 is 10.0 Å². The summed E-state index contributed by atoms with van der Waals surface area (Å²) in [6.07, 6.45) is 3.69. The summed E-state index contributed by atoms with van der Waals surface area (Å²) < 4.78 is 25.4. The Labute approximate surface area is 198 Å². The van der Waals surface area contributed by atoms with Crippen LogP contribution in [0, 0.1) is 5.82 Å². The molecule has 0 radical (unpaired) electrons. The van der Waals surface area contributed by atoms with E-state index in [0.717, 1.165) is 40.6 Å². The van der Waals surface area contributed by atoms with Gasteiger partial charge in [0.15, 0.2) is 0 Å². The molecule has 0 bridgehead atoms. The minimum absolute atomic E-state index is 0.117. The molecule has 6 nitrogen and oxygen atoms in total. The van der Waals surface area contributed by atoms with Crippen molar-refractivity contribution < 1.29 is 15.7 Å². The minimum Gasteiger partial charge on any atom is -0.389 e. The van der Waals surface area contributed by atoms with E-state index in [4.69, 9.17) is 1.37 Å². The van der Waals surface area contributed by atoms with Crippen LogP contribution < -0.4 is 0 Å². The zero-order chi connectivity index (χ0) is 24.5. The van der Waals surface area contributed by atoms with Gasteiger partial charge in [0.25, 0.3) is 5.91 Å². The summed E-state index contributed by atoms with van der Waals surface area (Å²) in [5.41, 5.74) is 5.25. The maximum atomic E-state index is 15.7. The fraction of sp³-hybridized carbons (Fsp3) is 0.296. The topological polar surface area (TPSA) is 71.2 Å². The SMILES string of the molecule is [2H]C(C)(O)c1ccc(-c2cc(F)c(CN3Cc4ncccc4C3=O)c(C3CC3)c2)c2cn(C)nc12. The Morgan fingerprint density at radius 3 is 2.82 bits per heavy atom. The van der Waals surface area contributed by atoms with Gasteiger partial charge in [-0.05, 0) is 60.6 Å². The Hall–Kier alpha value is -3.58. The molecule has 4 aromatic rings. The molecule has 3 heterocycles. The van der Waals surface area contributed by atoms with E-state index >= 15 is 4.39 Å². The molecule has 1 atom stereocenters. The van der Waals surface area contributed by atoms with Gasteiger partial charge in [-0.2, -0.15) is 5.10 Å². The Kier molecular flexibility index (Phi) is 4.52. The molecule has 34 heavy (non-hydrogen) atoms. The average molecular weight is 458 g/mol. The third kappa shape index (κ3) is 3.39. The van der Waals surface area contributed by atoms with Crippen molar-refractivity contribution in [1.82, 2.24) is 19.7 Å². The molecule has 1 aliphatic heterocycles. The van der Waals surface area contributed by atoms with Crippen molar-refractivity contribution in [2.45, 2.75) is 44.9 Å². The van der Waals surface area contributed by atoms with Crippen LogP contribution in [0.2, 0.25) is 0 Å². The van der Waals surface area contributed by atoms with Crippen molar-refractivity contribution in [1.29, 1.82) is 0 Å². The number of halogens is 1. The second-order valence-corrected chi connectivity index (χ2v) is 9.27. The average Bonchev–Trinajstić information content (AvgIpc) is 3.50. The van der Waals surface area contributed by atoms with Crippen molar-refractivity contribution in [3.8, 4) is 11.1 Å². The highest BCUT2D eigenvalue weighted by Gasteiger charge is 2.33. The summed E-state index contributed by atoms with van der Waals surface area (Å²) >= 11 is 0. The van der Waals surface area contributed by atoms with Crippen LogP contribution in [0.4, 0.5) is 4.39 Å². The number of carbonyl (C=O) groups excluding carboxylic acids is 1. The van der Waals surface area contributed by atoms with Crippen molar-refractivity contribution in [2.75, 3.05) is 0 Å². The minimum atomic E-state index is -1.80. The molecular formula is C27H25FN4O2. The number of nitrogens with zero attached hydrogens (tertiary/aromatic N) is 4. The molecule has 7 heteroatoms. The van der Waals surface area contributed by atoms with E-state index in [0.29, 0.717) is 28.8 Å². The van der Waals surface area contributed by atoms with Crippen LogP contribution in [-0.4, -0.2) is 30.7 Å². The molecule has 1 aliphatic carbocycles. The third-order valence-corrected chi connectivity index (χ3v) is 6.84. The van der Waals surface area contributed by atoms with Gasteiger partial charge >= 0.3 is 0 Å². The van der Waals surface area contributed by atoms with Crippen LogP contribution >= 0.6 is 0 Å². The number of aliphatic hydroxyl groups is 1. The number of aryl methyl sites for hydroxylation is 1. The number of hydrogen-bond acceptors (Lipinski definition) is 4.